The van der Waals surface area contributed by atoms with Crippen LogP contribution < -0.4 is 5.32 Å². The first-order valence-corrected chi connectivity index (χ1v) is 7.05. The van der Waals surface area contributed by atoms with Crippen LogP contribution in [0.25, 0.3) is 0 Å². The van der Waals surface area contributed by atoms with E-state index in [1.54, 1.807) is 7.05 Å². The molecule has 6 nitrogen and oxygen atoms in total. The molecular formula is C9H15N3O3S. The maximum atomic E-state index is 11.3. The fourth-order valence-electron chi connectivity index (χ4n) is 1.71. The lowest BCUT2D eigenvalue weighted by atomic mass is 10.1. The van der Waals surface area contributed by atoms with Crippen molar-refractivity contribution in [3.05, 3.63) is 11.7 Å². The van der Waals surface area contributed by atoms with E-state index < -0.39 is 9.84 Å². The Balaban J connectivity index is 2.14. The molecule has 2 unspecified atom stereocenters. The fourth-order valence-corrected chi connectivity index (χ4v) is 3.45. The molecule has 0 amide bonds. The molecule has 2 atom stereocenters. The van der Waals surface area contributed by atoms with Gasteiger partial charge in [0.25, 0.3) is 0 Å². The average Bonchev–Trinajstić information content (AvgIpc) is 2.83. The Morgan fingerprint density at radius 2 is 2.31 bits per heavy atom. The summed E-state index contributed by atoms with van der Waals surface area (Å²) in [7, 11) is -1.10. The minimum atomic E-state index is -2.90. The molecule has 0 radical (unpaired) electrons. The summed E-state index contributed by atoms with van der Waals surface area (Å²) in [6.45, 7) is 1.91. The largest absolute Gasteiger partial charge is 0.338 e. The van der Waals surface area contributed by atoms with Gasteiger partial charge in [-0.2, -0.15) is 4.98 Å². The van der Waals surface area contributed by atoms with E-state index in [0.29, 0.717) is 18.1 Å². The summed E-state index contributed by atoms with van der Waals surface area (Å²) in [5, 5.41) is 6.83. The van der Waals surface area contributed by atoms with E-state index in [4.69, 9.17) is 4.52 Å². The fraction of sp³-hybridized carbons (Fsp3) is 0.778. The van der Waals surface area contributed by atoms with Gasteiger partial charge in [0, 0.05) is 5.92 Å². The van der Waals surface area contributed by atoms with Gasteiger partial charge in [-0.15, -0.1) is 0 Å². The molecule has 0 aromatic carbocycles. The third kappa shape index (κ3) is 2.25. The van der Waals surface area contributed by atoms with Crippen molar-refractivity contribution in [2.24, 2.45) is 0 Å². The smallest absolute Gasteiger partial charge is 0.243 e. The third-order valence-corrected chi connectivity index (χ3v) is 4.63. The third-order valence-electron chi connectivity index (χ3n) is 2.86. The standard InChI is InChI=1S/C9H15N3O3S/c1-6(10-2)9-11-8(12-15-9)7-3-4-16(13,14)5-7/h6-7,10H,3-5H2,1-2H3. The molecule has 0 bridgehead atoms. The molecule has 0 spiro atoms. The number of nitrogens with one attached hydrogen (secondary N) is 1. The van der Waals surface area contributed by atoms with Crippen LogP contribution in [-0.2, 0) is 9.84 Å². The van der Waals surface area contributed by atoms with Crippen LogP contribution in [0.4, 0.5) is 0 Å². The number of sulfone groups is 1. The minimum absolute atomic E-state index is 0.0146. The van der Waals surface area contributed by atoms with Crippen LogP contribution in [0.2, 0.25) is 0 Å². The Bertz CT molecular complexity index is 468. The van der Waals surface area contributed by atoms with Gasteiger partial charge in [-0.3, -0.25) is 0 Å². The highest BCUT2D eigenvalue weighted by Gasteiger charge is 2.32. The van der Waals surface area contributed by atoms with Crippen molar-refractivity contribution >= 4 is 9.84 Å². The van der Waals surface area contributed by atoms with Gasteiger partial charge in [0.15, 0.2) is 15.7 Å². The maximum Gasteiger partial charge on any atom is 0.243 e. The topological polar surface area (TPSA) is 85.1 Å². The van der Waals surface area contributed by atoms with Gasteiger partial charge < -0.3 is 9.84 Å². The molecule has 2 rings (SSSR count). The van der Waals surface area contributed by atoms with Gasteiger partial charge >= 0.3 is 0 Å². The molecule has 16 heavy (non-hydrogen) atoms. The van der Waals surface area contributed by atoms with Crippen molar-refractivity contribution in [1.82, 2.24) is 15.5 Å². The summed E-state index contributed by atoms with van der Waals surface area (Å²) in [5.74, 6) is 1.27. The van der Waals surface area contributed by atoms with Gasteiger partial charge in [0.1, 0.15) is 0 Å². The molecule has 1 fully saturated rings. The first kappa shape index (κ1) is 11.5. The van der Waals surface area contributed by atoms with Crippen molar-refractivity contribution in [1.29, 1.82) is 0 Å². The van der Waals surface area contributed by atoms with Crippen LogP contribution in [0.3, 0.4) is 0 Å². The summed E-state index contributed by atoms with van der Waals surface area (Å²) < 4.78 is 27.7. The Hall–Kier alpha value is -0.950. The highest BCUT2D eigenvalue weighted by atomic mass is 32.2. The monoisotopic (exact) mass is 245 g/mol. The normalized spacial score (nSPS) is 25.8. The number of aromatic nitrogens is 2. The summed E-state index contributed by atoms with van der Waals surface area (Å²) in [4.78, 5) is 4.22. The number of nitrogens with zero attached hydrogens (tertiary/aromatic N) is 2. The second kappa shape index (κ2) is 4.14. The second-order valence-corrected chi connectivity index (χ2v) is 6.33. The summed E-state index contributed by atoms with van der Waals surface area (Å²) in [6, 6.07) is -0.0146. The van der Waals surface area contributed by atoms with E-state index in [-0.39, 0.29) is 23.5 Å². The van der Waals surface area contributed by atoms with E-state index in [1.165, 1.54) is 0 Å². The molecule has 1 aromatic rings. The quantitative estimate of drug-likeness (QED) is 0.821. The zero-order chi connectivity index (χ0) is 11.8. The Morgan fingerprint density at radius 3 is 2.88 bits per heavy atom. The van der Waals surface area contributed by atoms with Crippen molar-refractivity contribution in [2.45, 2.75) is 25.3 Å². The van der Waals surface area contributed by atoms with Gasteiger partial charge in [0.2, 0.25) is 5.89 Å². The molecule has 1 saturated heterocycles. The number of hydrogen-bond donors (Lipinski definition) is 1. The van der Waals surface area contributed by atoms with Gasteiger partial charge in [-0.05, 0) is 20.4 Å². The molecule has 90 valence electrons. The zero-order valence-corrected chi connectivity index (χ0v) is 10.1. The molecule has 1 N–H and O–H groups in total. The summed E-state index contributed by atoms with van der Waals surface area (Å²) in [5.41, 5.74) is 0. The molecule has 0 saturated carbocycles. The van der Waals surface area contributed by atoms with Crippen molar-refractivity contribution in [3.8, 4) is 0 Å². The van der Waals surface area contributed by atoms with Crippen LogP contribution in [0, 0.1) is 0 Å². The minimum Gasteiger partial charge on any atom is -0.338 e. The molecular weight excluding hydrogens is 230 g/mol. The second-order valence-electron chi connectivity index (χ2n) is 4.10. The van der Waals surface area contributed by atoms with Crippen molar-refractivity contribution < 1.29 is 12.9 Å². The Kier molecular flexibility index (Phi) is 2.98. The first-order chi connectivity index (χ1) is 7.52. The number of rotatable bonds is 3. The molecule has 7 heteroatoms. The molecule has 2 heterocycles. The zero-order valence-electron chi connectivity index (χ0n) is 9.30. The SMILES string of the molecule is CNC(C)c1nc(C2CCS(=O)(=O)C2)no1. The van der Waals surface area contributed by atoms with Crippen LogP contribution >= 0.6 is 0 Å². The lowest BCUT2D eigenvalue weighted by Crippen LogP contribution is -2.13. The predicted octanol–water partition coefficient (Wildman–Crippen LogP) is 0.252. The van der Waals surface area contributed by atoms with Gasteiger partial charge in [0.05, 0.1) is 17.5 Å². The van der Waals surface area contributed by atoms with E-state index in [2.05, 4.69) is 15.5 Å². The predicted molar refractivity (Wildman–Crippen MR) is 57.8 cm³/mol. The van der Waals surface area contributed by atoms with E-state index in [0.717, 1.165) is 0 Å². The lowest BCUT2D eigenvalue weighted by molar-refractivity contribution is 0.342. The van der Waals surface area contributed by atoms with Crippen LogP contribution in [0.15, 0.2) is 4.52 Å². The Labute approximate surface area is 94.3 Å². The van der Waals surface area contributed by atoms with E-state index in [1.807, 2.05) is 6.92 Å². The average molecular weight is 245 g/mol. The molecule has 1 aliphatic rings. The van der Waals surface area contributed by atoms with Crippen LogP contribution in [0.1, 0.15) is 37.0 Å². The maximum absolute atomic E-state index is 11.3. The van der Waals surface area contributed by atoms with Crippen molar-refractivity contribution in [2.75, 3.05) is 18.6 Å². The van der Waals surface area contributed by atoms with E-state index >= 15 is 0 Å². The summed E-state index contributed by atoms with van der Waals surface area (Å²) >= 11 is 0. The van der Waals surface area contributed by atoms with Crippen LogP contribution in [0.5, 0.6) is 0 Å². The molecule has 0 aliphatic carbocycles. The highest BCUT2D eigenvalue weighted by Crippen LogP contribution is 2.27. The van der Waals surface area contributed by atoms with Gasteiger partial charge in [-0.25, -0.2) is 8.42 Å². The molecule has 1 aromatic heterocycles. The number of hydrogen-bond acceptors (Lipinski definition) is 6. The van der Waals surface area contributed by atoms with Crippen molar-refractivity contribution in [3.63, 3.8) is 0 Å². The first-order valence-electron chi connectivity index (χ1n) is 5.23. The van der Waals surface area contributed by atoms with Gasteiger partial charge in [-0.1, -0.05) is 5.16 Å². The lowest BCUT2D eigenvalue weighted by Gasteiger charge is -2.02. The molecule has 1 aliphatic heterocycles. The Morgan fingerprint density at radius 1 is 1.56 bits per heavy atom. The van der Waals surface area contributed by atoms with Crippen LogP contribution in [-0.4, -0.2) is 37.1 Å². The highest BCUT2D eigenvalue weighted by molar-refractivity contribution is 7.91. The summed E-state index contributed by atoms with van der Waals surface area (Å²) in [6.07, 6.45) is 0.593. The van der Waals surface area contributed by atoms with E-state index in [9.17, 15) is 8.42 Å².